The summed E-state index contributed by atoms with van der Waals surface area (Å²) in [5.41, 5.74) is 4.23. The number of hydrazone groups is 1. The van der Waals surface area contributed by atoms with Crippen LogP contribution in [0.15, 0.2) is 29.4 Å². The number of amides is 2. The number of hydrogen-bond donors (Lipinski definition) is 1. The minimum Gasteiger partial charge on any atom is -0.338 e. The number of halogens is 1. The zero-order chi connectivity index (χ0) is 19.5. The van der Waals surface area contributed by atoms with E-state index < -0.39 is 0 Å². The van der Waals surface area contributed by atoms with Gasteiger partial charge in [0.1, 0.15) is 5.71 Å². The molecule has 2 fully saturated rings. The first kappa shape index (κ1) is 19.4. The molecule has 1 aromatic rings. The average Bonchev–Trinajstić information content (AvgIpc) is 3.18. The molecule has 1 N–H and O–H groups in total. The number of carbonyl (C=O) groups excluding carboxylic acids is 2. The third-order valence-corrected chi connectivity index (χ3v) is 6.53. The van der Waals surface area contributed by atoms with Gasteiger partial charge in [0.15, 0.2) is 0 Å². The highest BCUT2D eigenvalue weighted by Crippen LogP contribution is 2.32. The maximum atomic E-state index is 12.6. The Kier molecular flexibility index (Phi) is 5.97. The van der Waals surface area contributed by atoms with Gasteiger partial charge in [-0.1, -0.05) is 23.7 Å². The van der Waals surface area contributed by atoms with Gasteiger partial charge in [-0.05, 0) is 55.3 Å². The van der Waals surface area contributed by atoms with Gasteiger partial charge >= 0.3 is 0 Å². The Morgan fingerprint density at radius 2 is 1.79 bits per heavy atom. The van der Waals surface area contributed by atoms with Crippen LogP contribution in [0.2, 0.25) is 5.02 Å². The van der Waals surface area contributed by atoms with Crippen LogP contribution in [0.1, 0.15) is 37.7 Å². The van der Waals surface area contributed by atoms with E-state index in [-0.39, 0.29) is 11.8 Å². The highest BCUT2D eigenvalue weighted by Gasteiger charge is 2.34. The van der Waals surface area contributed by atoms with E-state index in [4.69, 9.17) is 11.6 Å². The predicted molar refractivity (Wildman–Crippen MR) is 109 cm³/mol. The Bertz CT molecular complexity index is 756. The van der Waals surface area contributed by atoms with Gasteiger partial charge < -0.3 is 4.90 Å². The second-order valence-electron chi connectivity index (χ2n) is 8.13. The topological polar surface area (TPSA) is 65.0 Å². The van der Waals surface area contributed by atoms with Crippen molar-refractivity contribution < 1.29 is 9.59 Å². The zero-order valence-electron chi connectivity index (χ0n) is 16.1. The van der Waals surface area contributed by atoms with Gasteiger partial charge in [-0.2, -0.15) is 5.10 Å². The summed E-state index contributed by atoms with van der Waals surface area (Å²) in [5, 5.41) is 4.73. The third kappa shape index (κ3) is 4.55. The summed E-state index contributed by atoms with van der Waals surface area (Å²) in [5.74, 6) is 1.29. The highest BCUT2D eigenvalue weighted by molar-refractivity contribution is 6.39. The van der Waals surface area contributed by atoms with Crippen molar-refractivity contribution in [2.24, 2.45) is 16.9 Å². The number of carbonyl (C=O) groups is 2. The first-order valence-corrected chi connectivity index (χ1v) is 10.6. The van der Waals surface area contributed by atoms with Crippen LogP contribution in [0.3, 0.4) is 0 Å². The van der Waals surface area contributed by atoms with E-state index in [0.717, 1.165) is 56.5 Å². The molecule has 3 aliphatic heterocycles. The number of hydrogen-bond acceptors (Lipinski definition) is 4. The summed E-state index contributed by atoms with van der Waals surface area (Å²) >= 11 is 5.98. The Hall–Kier alpha value is -1.92. The Balaban J connectivity index is 1.24. The van der Waals surface area contributed by atoms with Crippen molar-refractivity contribution in [2.45, 2.75) is 38.6 Å². The monoisotopic (exact) mass is 402 g/mol. The molecule has 0 saturated carbocycles. The van der Waals surface area contributed by atoms with E-state index in [1.807, 2.05) is 17.0 Å². The molecule has 2 saturated heterocycles. The van der Waals surface area contributed by atoms with E-state index in [2.05, 4.69) is 27.6 Å². The van der Waals surface area contributed by atoms with Crippen LogP contribution in [-0.4, -0.2) is 53.5 Å². The second kappa shape index (κ2) is 8.62. The lowest BCUT2D eigenvalue weighted by atomic mass is 9.83. The molecular weight excluding hydrogens is 376 g/mol. The lowest BCUT2D eigenvalue weighted by Gasteiger charge is -2.35. The van der Waals surface area contributed by atoms with Gasteiger partial charge in [-0.15, -0.1) is 0 Å². The van der Waals surface area contributed by atoms with Crippen molar-refractivity contribution in [1.82, 2.24) is 15.2 Å². The third-order valence-electron chi connectivity index (χ3n) is 6.27. The molecule has 1 aromatic carbocycles. The normalized spacial score (nSPS) is 24.2. The summed E-state index contributed by atoms with van der Waals surface area (Å²) in [6.07, 6.45) is 4.17. The molecular formula is C21H27ClN4O2. The average molecular weight is 403 g/mol. The van der Waals surface area contributed by atoms with Crippen LogP contribution in [0.4, 0.5) is 0 Å². The highest BCUT2D eigenvalue weighted by atomic mass is 35.5. The molecule has 0 radical (unpaired) electrons. The van der Waals surface area contributed by atoms with Gasteiger partial charge in [0, 0.05) is 44.0 Å². The quantitative estimate of drug-likeness (QED) is 0.842. The molecule has 0 aromatic heterocycles. The Morgan fingerprint density at radius 3 is 2.46 bits per heavy atom. The fraction of sp³-hybridized carbons (Fsp3) is 0.571. The van der Waals surface area contributed by atoms with Crippen molar-refractivity contribution in [3.05, 3.63) is 34.9 Å². The van der Waals surface area contributed by atoms with Crippen molar-refractivity contribution in [1.29, 1.82) is 0 Å². The molecule has 0 aliphatic carbocycles. The van der Waals surface area contributed by atoms with Crippen LogP contribution in [0.25, 0.3) is 0 Å². The number of nitrogens with one attached hydrogen (secondary N) is 1. The molecule has 0 spiro atoms. The van der Waals surface area contributed by atoms with Gasteiger partial charge in [0.2, 0.25) is 5.91 Å². The largest absolute Gasteiger partial charge is 0.338 e. The second-order valence-corrected chi connectivity index (χ2v) is 8.57. The van der Waals surface area contributed by atoms with Crippen molar-refractivity contribution >= 4 is 29.1 Å². The first-order chi connectivity index (χ1) is 13.6. The fourth-order valence-corrected chi connectivity index (χ4v) is 4.75. The van der Waals surface area contributed by atoms with Crippen molar-refractivity contribution in [3.8, 4) is 0 Å². The van der Waals surface area contributed by atoms with Gasteiger partial charge in [-0.25, -0.2) is 5.43 Å². The van der Waals surface area contributed by atoms with Gasteiger partial charge in [0.05, 0.1) is 0 Å². The molecule has 0 unspecified atom stereocenters. The maximum Gasteiger partial charge on any atom is 0.270 e. The van der Waals surface area contributed by atoms with Crippen molar-refractivity contribution in [3.63, 3.8) is 0 Å². The molecule has 3 aliphatic rings. The molecule has 0 bridgehead atoms. The summed E-state index contributed by atoms with van der Waals surface area (Å²) in [7, 11) is 0. The summed E-state index contributed by atoms with van der Waals surface area (Å²) in [4.78, 5) is 28.2. The van der Waals surface area contributed by atoms with Crippen LogP contribution in [0.5, 0.6) is 0 Å². The molecule has 6 nitrogen and oxygen atoms in total. The van der Waals surface area contributed by atoms with E-state index in [1.165, 1.54) is 12.0 Å². The summed E-state index contributed by atoms with van der Waals surface area (Å²) < 4.78 is 0. The van der Waals surface area contributed by atoms with Crippen molar-refractivity contribution in [2.75, 3.05) is 26.2 Å². The molecule has 3 heterocycles. The summed E-state index contributed by atoms with van der Waals surface area (Å²) in [6, 6.07) is 8.13. The summed E-state index contributed by atoms with van der Waals surface area (Å²) in [6.45, 7) is 4.85. The predicted octanol–water partition coefficient (Wildman–Crippen LogP) is 2.67. The lowest BCUT2D eigenvalue weighted by molar-refractivity contribution is -0.126. The fourth-order valence-electron chi connectivity index (χ4n) is 4.62. The number of nitrogens with zero attached hydrogens (tertiary/aromatic N) is 3. The number of benzene rings is 1. The van der Waals surface area contributed by atoms with Crippen LogP contribution < -0.4 is 5.43 Å². The number of likely N-dealkylation sites (tertiary alicyclic amines) is 2. The van der Waals surface area contributed by atoms with E-state index in [9.17, 15) is 9.59 Å². The standard InChI is InChI=1S/C21H27ClN4O2/c22-18-3-1-15(2-4-18)13-25-10-7-17(14-25)16-8-11-26(12-9-16)21(28)19-5-6-20(27)24-23-19/h1-4,16-17H,5-14H2,(H,24,27)/t17-/m0/s1. The number of piperidine rings is 1. The molecule has 28 heavy (non-hydrogen) atoms. The smallest absolute Gasteiger partial charge is 0.270 e. The minimum atomic E-state index is -0.111. The minimum absolute atomic E-state index is 0.00534. The zero-order valence-corrected chi connectivity index (χ0v) is 16.8. The van der Waals surface area contributed by atoms with E-state index >= 15 is 0 Å². The Morgan fingerprint density at radius 1 is 1.07 bits per heavy atom. The molecule has 1 atom stereocenters. The molecule has 7 heteroatoms. The van der Waals surface area contributed by atoms with E-state index in [1.54, 1.807) is 0 Å². The van der Waals surface area contributed by atoms with Gasteiger partial charge in [0.25, 0.3) is 5.91 Å². The molecule has 150 valence electrons. The van der Waals surface area contributed by atoms with Crippen LogP contribution in [0, 0.1) is 11.8 Å². The Labute approximate surface area is 170 Å². The first-order valence-electron chi connectivity index (χ1n) is 10.2. The van der Waals surface area contributed by atoms with Crippen LogP contribution >= 0.6 is 11.6 Å². The SMILES string of the molecule is O=C1CCC(C(=O)N2CCC([C@H]3CCN(Cc4ccc(Cl)cc4)C3)CC2)=NN1. The number of rotatable bonds is 4. The van der Waals surface area contributed by atoms with Gasteiger partial charge in [-0.3, -0.25) is 14.5 Å². The van der Waals surface area contributed by atoms with E-state index in [0.29, 0.717) is 24.5 Å². The van der Waals surface area contributed by atoms with Crippen LogP contribution in [-0.2, 0) is 16.1 Å². The molecule has 4 rings (SSSR count). The molecule has 2 amide bonds. The maximum absolute atomic E-state index is 12.6. The lowest BCUT2D eigenvalue weighted by Crippen LogP contribution is -2.45.